The van der Waals surface area contributed by atoms with Crippen LogP contribution in [0.1, 0.15) is 58.4 Å². The lowest BCUT2D eigenvalue weighted by atomic mass is 9.79. The Labute approximate surface area is 166 Å². The van der Waals surface area contributed by atoms with Crippen LogP contribution >= 0.6 is 11.8 Å². The molecule has 0 saturated heterocycles. The Hall–Kier alpha value is -1.88. The number of thioether (sulfide) groups is 1. The van der Waals surface area contributed by atoms with E-state index in [1.807, 2.05) is 4.57 Å². The highest BCUT2D eigenvalue weighted by molar-refractivity contribution is 7.99. The van der Waals surface area contributed by atoms with Gasteiger partial charge < -0.3 is 14.8 Å². The number of pyridine rings is 1. The molecule has 0 unspecified atom stereocenters. The second-order valence-corrected chi connectivity index (χ2v) is 10.2. The predicted octanol–water partition coefficient (Wildman–Crippen LogP) is 4.96. The van der Waals surface area contributed by atoms with Gasteiger partial charge in [0.05, 0.1) is 5.69 Å². The van der Waals surface area contributed by atoms with Crippen molar-refractivity contribution in [2.75, 3.05) is 5.75 Å². The summed E-state index contributed by atoms with van der Waals surface area (Å²) >= 11 is 1.71. The number of hydrogen-bond donors (Lipinski definition) is 2. The highest BCUT2D eigenvalue weighted by Crippen LogP contribution is 2.41. The molecule has 1 heterocycles. The number of hydrogen-bond acceptors (Lipinski definition) is 4. The third kappa shape index (κ3) is 4.89. The lowest BCUT2D eigenvalue weighted by Gasteiger charge is -2.28. The quantitative estimate of drug-likeness (QED) is 0.726. The number of aromatic hydroxyl groups is 2. The van der Waals surface area contributed by atoms with Gasteiger partial charge in [-0.3, -0.25) is 4.79 Å². The minimum Gasteiger partial charge on any atom is -0.507 e. The van der Waals surface area contributed by atoms with E-state index in [2.05, 4.69) is 53.7 Å². The van der Waals surface area contributed by atoms with Crippen LogP contribution in [-0.2, 0) is 17.4 Å². The lowest BCUT2D eigenvalue weighted by Crippen LogP contribution is -2.17. The minimum atomic E-state index is -0.348. The summed E-state index contributed by atoms with van der Waals surface area (Å²) in [6, 6.07) is 5.54. The molecular weight excluding hydrogens is 358 g/mol. The van der Waals surface area contributed by atoms with Crippen LogP contribution in [0.15, 0.2) is 34.1 Å². The van der Waals surface area contributed by atoms with Crippen LogP contribution in [-0.4, -0.2) is 20.5 Å². The van der Waals surface area contributed by atoms with Gasteiger partial charge >= 0.3 is 0 Å². The molecule has 2 rings (SSSR count). The van der Waals surface area contributed by atoms with Crippen LogP contribution in [0.25, 0.3) is 0 Å². The van der Waals surface area contributed by atoms with E-state index in [0.717, 1.165) is 21.8 Å². The van der Waals surface area contributed by atoms with Crippen molar-refractivity contribution in [3.63, 3.8) is 0 Å². The summed E-state index contributed by atoms with van der Waals surface area (Å²) in [5, 5.41) is 20.6. The Morgan fingerprint density at radius 1 is 0.963 bits per heavy atom. The van der Waals surface area contributed by atoms with Gasteiger partial charge in [-0.1, -0.05) is 41.5 Å². The lowest BCUT2D eigenvalue weighted by molar-refractivity contribution is 0.422. The van der Waals surface area contributed by atoms with Crippen LogP contribution in [0.4, 0.5) is 0 Å². The average Bonchev–Trinajstić information content (AvgIpc) is 2.54. The van der Waals surface area contributed by atoms with E-state index in [1.165, 1.54) is 6.07 Å². The van der Waals surface area contributed by atoms with E-state index in [9.17, 15) is 15.0 Å². The third-order valence-corrected chi connectivity index (χ3v) is 5.67. The van der Waals surface area contributed by atoms with Crippen LogP contribution in [0.5, 0.6) is 11.5 Å². The fourth-order valence-corrected chi connectivity index (χ4v) is 3.93. The number of aromatic nitrogens is 1. The molecule has 27 heavy (non-hydrogen) atoms. The monoisotopic (exact) mass is 389 g/mol. The SMILES string of the molecule is Cc1c(O)c(=O)ccn1CCSc1cc(C(C)(C)C)c(O)c(C(C)(C)C)c1. The Balaban J connectivity index is 2.29. The van der Waals surface area contributed by atoms with Gasteiger partial charge in [-0.15, -0.1) is 11.8 Å². The second-order valence-electron chi connectivity index (χ2n) is 9.02. The summed E-state index contributed by atoms with van der Waals surface area (Å²) in [7, 11) is 0. The standard InChI is InChI=1S/C22H31NO3S/c1-14-19(25)18(24)8-9-23(14)10-11-27-15-12-16(21(2,3)4)20(26)17(13-15)22(5,6)7/h8-9,12-13,25-26H,10-11H2,1-7H3. The molecule has 0 atom stereocenters. The summed E-state index contributed by atoms with van der Waals surface area (Å²) in [5.74, 6) is 0.999. The molecule has 0 spiro atoms. The van der Waals surface area contributed by atoms with E-state index in [-0.39, 0.29) is 22.0 Å². The third-order valence-electron chi connectivity index (χ3n) is 4.71. The number of rotatable bonds is 4. The van der Waals surface area contributed by atoms with Gasteiger partial charge in [-0.05, 0) is 29.9 Å². The maximum atomic E-state index is 11.5. The Morgan fingerprint density at radius 3 is 1.96 bits per heavy atom. The highest BCUT2D eigenvalue weighted by atomic mass is 32.2. The van der Waals surface area contributed by atoms with Crippen molar-refractivity contribution in [1.82, 2.24) is 4.57 Å². The van der Waals surface area contributed by atoms with Gasteiger partial charge in [-0.2, -0.15) is 0 Å². The molecule has 0 fully saturated rings. The second kappa shape index (κ2) is 7.63. The van der Waals surface area contributed by atoms with Gasteiger partial charge in [0, 0.05) is 40.6 Å². The molecule has 2 aromatic rings. The summed E-state index contributed by atoms with van der Waals surface area (Å²) in [5.41, 5.74) is 1.84. The largest absolute Gasteiger partial charge is 0.507 e. The van der Waals surface area contributed by atoms with Crippen LogP contribution in [0.2, 0.25) is 0 Å². The highest BCUT2D eigenvalue weighted by Gasteiger charge is 2.26. The molecule has 0 amide bonds. The first-order valence-corrected chi connectivity index (χ1v) is 10.2. The molecule has 1 aromatic carbocycles. The summed E-state index contributed by atoms with van der Waals surface area (Å²) in [4.78, 5) is 12.6. The van der Waals surface area contributed by atoms with E-state index in [0.29, 0.717) is 18.0 Å². The average molecular weight is 390 g/mol. The summed E-state index contributed by atoms with van der Waals surface area (Å²) in [6.07, 6.45) is 1.72. The molecule has 2 N–H and O–H groups in total. The summed E-state index contributed by atoms with van der Waals surface area (Å²) < 4.78 is 1.89. The molecule has 0 radical (unpaired) electrons. The van der Waals surface area contributed by atoms with Crippen molar-refractivity contribution in [1.29, 1.82) is 0 Å². The molecule has 148 valence electrons. The Morgan fingerprint density at radius 2 is 1.48 bits per heavy atom. The number of aryl methyl sites for hydroxylation is 1. The molecule has 0 bridgehead atoms. The zero-order valence-electron chi connectivity index (χ0n) is 17.4. The fourth-order valence-electron chi connectivity index (χ4n) is 3.00. The first-order chi connectivity index (χ1) is 12.3. The van der Waals surface area contributed by atoms with Crippen molar-refractivity contribution in [2.24, 2.45) is 0 Å². The first kappa shape index (κ1) is 21.4. The van der Waals surface area contributed by atoms with Gasteiger partial charge in [0.15, 0.2) is 5.75 Å². The zero-order valence-corrected chi connectivity index (χ0v) is 18.2. The van der Waals surface area contributed by atoms with Crippen LogP contribution in [0.3, 0.4) is 0 Å². The van der Waals surface area contributed by atoms with Gasteiger partial charge in [0.2, 0.25) is 5.43 Å². The Bertz CT molecular complexity index is 851. The Kier molecular flexibility index (Phi) is 6.05. The molecular formula is C22H31NO3S. The first-order valence-electron chi connectivity index (χ1n) is 9.22. The van der Waals surface area contributed by atoms with E-state index in [1.54, 1.807) is 24.9 Å². The predicted molar refractivity (Wildman–Crippen MR) is 113 cm³/mol. The smallest absolute Gasteiger partial charge is 0.223 e. The molecule has 0 aliphatic rings. The fraction of sp³-hybridized carbons (Fsp3) is 0.500. The summed E-state index contributed by atoms with van der Waals surface area (Å²) in [6.45, 7) is 15.1. The minimum absolute atomic E-state index is 0.151. The molecule has 0 aliphatic heterocycles. The topological polar surface area (TPSA) is 62.5 Å². The molecule has 1 aromatic heterocycles. The number of nitrogens with zero attached hydrogens (tertiary/aromatic N) is 1. The van der Waals surface area contributed by atoms with Gasteiger partial charge in [0.25, 0.3) is 0 Å². The maximum absolute atomic E-state index is 11.5. The van der Waals surface area contributed by atoms with Crippen molar-refractivity contribution < 1.29 is 10.2 Å². The van der Waals surface area contributed by atoms with Gasteiger partial charge in [-0.25, -0.2) is 0 Å². The van der Waals surface area contributed by atoms with Crippen LogP contribution < -0.4 is 5.43 Å². The maximum Gasteiger partial charge on any atom is 0.223 e. The van der Waals surface area contributed by atoms with Crippen LogP contribution in [0, 0.1) is 6.92 Å². The normalized spacial score (nSPS) is 12.4. The van der Waals surface area contributed by atoms with Gasteiger partial charge in [0.1, 0.15) is 5.75 Å². The molecule has 4 nitrogen and oxygen atoms in total. The molecule has 0 aliphatic carbocycles. The molecule has 0 saturated carbocycles. The number of phenolic OH excluding ortho intramolecular Hbond substituents is 1. The van der Waals surface area contributed by atoms with E-state index >= 15 is 0 Å². The van der Waals surface area contributed by atoms with Crippen molar-refractivity contribution in [2.45, 2.75) is 70.7 Å². The van der Waals surface area contributed by atoms with Crippen molar-refractivity contribution in [3.05, 3.63) is 51.4 Å². The zero-order chi connectivity index (χ0) is 20.6. The number of phenols is 1. The molecule has 5 heteroatoms. The van der Waals surface area contributed by atoms with Crippen molar-refractivity contribution >= 4 is 11.8 Å². The van der Waals surface area contributed by atoms with E-state index < -0.39 is 0 Å². The van der Waals surface area contributed by atoms with E-state index in [4.69, 9.17) is 0 Å². The number of benzene rings is 1. The van der Waals surface area contributed by atoms with Crippen molar-refractivity contribution in [3.8, 4) is 11.5 Å².